The van der Waals surface area contributed by atoms with Gasteiger partial charge in [-0.3, -0.25) is 4.79 Å². The van der Waals surface area contributed by atoms with E-state index in [9.17, 15) is 4.79 Å². The number of amides is 1. The van der Waals surface area contributed by atoms with Gasteiger partial charge in [0.15, 0.2) is 0 Å². The number of carbonyl (C=O) groups is 1. The number of piperidine rings is 1. The third-order valence-corrected chi connectivity index (χ3v) is 4.66. The molecule has 3 rings (SSSR count). The van der Waals surface area contributed by atoms with Crippen molar-refractivity contribution in [3.05, 3.63) is 42.5 Å². The molecule has 0 N–H and O–H groups in total. The Morgan fingerprint density at radius 2 is 1.92 bits per heavy atom. The average molecular weight is 341 g/mol. The zero-order chi connectivity index (χ0) is 17.8. The van der Waals surface area contributed by atoms with Crippen molar-refractivity contribution in [1.82, 2.24) is 24.6 Å². The Morgan fingerprint density at radius 1 is 1.24 bits per heavy atom. The standard InChI is InChI=1S/C19H27N5O/c1-15(2)13-23(16-9-11-22(3)12-10-16)19(25)18-20-14-24(21-18)17-7-5-4-6-8-17/h4-8,14-16H,9-13H2,1-3H3. The number of benzene rings is 1. The zero-order valence-corrected chi connectivity index (χ0v) is 15.3. The molecule has 2 heterocycles. The van der Waals surface area contributed by atoms with Gasteiger partial charge in [0, 0.05) is 12.6 Å². The number of nitrogens with zero attached hydrogens (tertiary/aromatic N) is 5. The summed E-state index contributed by atoms with van der Waals surface area (Å²) in [5.41, 5.74) is 0.906. The highest BCUT2D eigenvalue weighted by molar-refractivity contribution is 5.90. The molecule has 6 heteroatoms. The van der Waals surface area contributed by atoms with Gasteiger partial charge in [0.2, 0.25) is 5.82 Å². The molecule has 0 spiro atoms. The Labute approximate surface area is 149 Å². The molecule has 0 atom stereocenters. The molecule has 1 saturated heterocycles. The molecule has 0 unspecified atom stereocenters. The van der Waals surface area contributed by atoms with Crippen molar-refractivity contribution in [2.75, 3.05) is 26.7 Å². The second-order valence-corrected chi connectivity index (χ2v) is 7.23. The van der Waals surface area contributed by atoms with E-state index in [2.05, 4.69) is 35.9 Å². The first-order chi connectivity index (χ1) is 12.0. The van der Waals surface area contributed by atoms with Gasteiger partial charge in [0.25, 0.3) is 5.91 Å². The van der Waals surface area contributed by atoms with Gasteiger partial charge in [0.05, 0.1) is 5.69 Å². The third kappa shape index (κ3) is 4.25. The Kier molecular flexibility index (Phi) is 5.48. The van der Waals surface area contributed by atoms with Gasteiger partial charge in [-0.15, -0.1) is 5.10 Å². The Morgan fingerprint density at radius 3 is 2.56 bits per heavy atom. The second kappa shape index (κ2) is 7.78. The minimum Gasteiger partial charge on any atom is -0.333 e. The van der Waals surface area contributed by atoms with E-state index in [1.54, 1.807) is 11.0 Å². The summed E-state index contributed by atoms with van der Waals surface area (Å²) in [5.74, 6) is 0.640. The first kappa shape index (κ1) is 17.6. The molecular formula is C19H27N5O. The Balaban J connectivity index is 1.79. The van der Waals surface area contributed by atoms with Gasteiger partial charge in [-0.25, -0.2) is 9.67 Å². The van der Waals surface area contributed by atoms with Crippen LogP contribution in [-0.4, -0.2) is 63.2 Å². The van der Waals surface area contributed by atoms with E-state index in [1.165, 1.54) is 0 Å². The monoisotopic (exact) mass is 341 g/mol. The predicted molar refractivity (Wildman–Crippen MR) is 97.8 cm³/mol. The minimum atomic E-state index is -0.0575. The normalized spacial score (nSPS) is 16.3. The van der Waals surface area contributed by atoms with Crippen LogP contribution in [0.5, 0.6) is 0 Å². The molecule has 6 nitrogen and oxygen atoms in total. The summed E-state index contributed by atoms with van der Waals surface area (Å²) in [5, 5.41) is 4.42. The molecule has 25 heavy (non-hydrogen) atoms. The maximum Gasteiger partial charge on any atom is 0.293 e. The van der Waals surface area contributed by atoms with Crippen LogP contribution in [0, 0.1) is 5.92 Å². The molecule has 2 aromatic rings. The van der Waals surface area contributed by atoms with E-state index < -0.39 is 0 Å². The molecule has 1 aromatic heterocycles. The smallest absolute Gasteiger partial charge is 0.293 e. The van der Waals surface area contributed by atoms with Crippen molar-refractivity contribution in [3.8, 4) is 5.69 Å². The van der Waals surface area contributed by atoms with Crippen LogP contribution in [0.2, 0.25) is 0 Å². The number of hydrogen-bond acceptors (Lipinski definition) is 4. The van der Waals surface area contributed by atoms with Crippen molar-refractivity contribution in [1.29, 1.82) is 0 Å². The van der Waals surface area contributed by atoms with Crippen molar-refractivity contribution >= 4 is 5.91 Å². The summed E-state index contributed by atoms with van der Waals surface area (Å²) < 4.78 is 1.66. The van der Waals surface area contributed by atoms with Gasteiger partial charge in [-0.1, -0.05) is 32.0 Å². The quantitative estimate of drug-likeness (QED) is 0.838. The molecule has 1 aliphatic rings. The topological polar surface area (TPSA) is 54.3 Å². The lowest BCUT2D eigenvalue weighted by Crippen LogP contribution is -2.48. The summed E-state index contributed by atoms with van der Waals surface area (Å²) in [6.45, 7) is 7.08. The molecule has 0 radical (unpaired) electrons. The fourth-order valence-electron chi connectivity index (χ4n) is 3.29. The molecule has 1 aliphatic heterocycles. The molecule has 134 valence electrons. The third-order valence-electron chi connectivity index (χ3n) is 4.66. The van der Waals surface area contributed by atoms with E-state index in [-0.39, 0.29) is 17.8 Å². The van der Waals surface area contributed by atoms with E-state index in [4.69, 9.17) is 0 Å². The number of hydrogen-bond donors (Lipinski definition) is 0. The predicted octanol–water partition coefficient (Wildman–Crippen LogP) is 2.46. The SMILES string of the molecule is CC(C)CN(C(=O)c1ncn(-c2ccccc2)n1)C1CCN(C)CC1. The summed E-state index contributed by atoms with van der Waals surface area (Å²) in [6.07, 6.45) is 3.63. The molecule has 1 amide bonds. The number of aromatic nitrogens is 3. The maximum atomic E-state index is 13.1. The van der Waals surface area contributed by atoms with Crippen molar-refractivity contribution in [2.45, 2.75) is 32.7 Å². The highest BCUT2D eigenvalue weighted by Crippen LogP contribution is 2.19. The van der Waals surface area contributed by atoms with E-state index in [0.717, 1.165) is 38.2 Å². The van der Waals surface area contributed by atoms with Crippen LogP contribution in [0.1, 0.15) is 37.3 Å². The molecule has 1 fully saturated rings. The molecule has 0 aliphatic carbocycles. The maximum absolute atomic E-state index is 13.1. The Hall–Kier alpha value is -2.21. The fraction of sp³-hybridized carbons (Fsp3) is 0.526. The lowest BCUT2D eigenvalue weighted by Gasteiger charge is -2.37. The number of rotatable bonds is 5. The van der Waals surface area contributed by atoms with Gasteiger partial charge in [-0.05, 0) is 51.0 Å². The Bertz CT molecular complexity index is 689. The molecule has 0 saturated carbocycles. The van der Waals surface area contributed by atoms with Crippen LogP contribution in [-0.2, 0) is 0 Å². The summed E-state index contributed by atoms with van der Waals surface area (Å²) >= 11 is 0. The van der Waals surface area contributed by atoms with Crippen LogP contribution >= 0.6 is 0 Å². The van der Waals surface area contributed by atoms with E-state index >= 15 is 0 Å². The van der Waals surface area contributed by atoms with Crippen LogP contribution in [0.15, 0.2) is 36.7 Å². The molecule has 1 aromatic carbocycles. The number of para-hydroxylation sites is 1. The second-order valence-electron chi connectivity index (χ2n) is 7.23. The summed E-state index contributed by atoms with van der Waals surface area (Å²) in [7, 11) is 2.13. The van der Waals surface area contributed by atoms with E-state index in [0.29, 0.717) is 5.92 Å². The van der Waals surface area contributed by atoms with Crippen LogP contribution in [0.25, 0.3) is 5.69 Å². The number of carbonyl (C=O) groups excluding carboxylic acids is 1. The average Bonchev–Trinajstić information content (AvgIpc) is 3.11. The highest BCUT2D eigenvalue weighted by Gasteiger charge is 2.30. The van der Waals surface area contributed by atoms with Crippen molar-refractivity contribution < 1.29 is 4.79 Å². The van der Waals surface area contributed by atoms with Crippen LogP contribution < -0.4 is 0 Å². The fourth-order valence-corrected chi connectivity index (χ4v) is 3.29. The van der Waals surface area contributed by atoms with Gasteiger partial charge >= 0.3 is 0 Å². The van der Waals surface area contributed by atoms with Crippen molar-refractivity contribution in [2.24, 2.45) is 5.92 Å². The summed E-state index contributed by atoms with van der Waals surface area (Å²) in [4.78, 5) is 21.7. The molecular weight excluding hydrogens is 314 g/mol. The number of likely N-dealkylation sites (tertiary alicyclic amines) is 1. The van der Waals surface area contributed by atoms with E-state index in [1.807, 2.05) is 35.2 Å². The summed E-state index contributed by atoms with van der Waals surface area (Å²) in [6, 6.07) is 10.0. The lowest BCUT2D eigenvalue weighted by atomic mass is 10.0. The lowest BCUT2D eigenvalue weighted by molar-refractivity contribution is 0.0547. The van der Waals surface area contributed by atoms with Crippen LogP contribution in [0.3, 0.4) is 0 Å². The van der Waals surface area contributed by atoms with Gasteiger partial charge in [0.1, 0.15) is 6.33 Å². The van der Waals surface area contributed by atoms with Gasteiger partial charge < -0.3 is 9.80 Å². The first-order valence-electron chi connectivity index (χ1n) is 9.01. The van der Waals surface area contributed by atoms with Crippen molar-refractivity contribution in [3.63, 3.8) is 0 Å². The van der Waals surface area contributed by atoms with Crippen LogP contribution in [0.4, 0.5) is 0 Å². The largest absolute Gasteiger partial charge is 0.333 e. The van der Waals surface area contributed by atoms with Gasteiger partial charge in [-0.2, -0.15) is 0 Å². The minimum absolute atomic E-state index is 0.0575. The highest BCUT2D eigenvalue weighted by atomic mass is 16.2. The molecule has 0 bridgehead atoms. The zero-order valence-electron chi connectivity index (χ0n) is 15.3. The first-order valence-corrected chi connectivity index (χ1v) is 9.01.